The Kier molecular flexibility index (Phi) is 2.68. The quantitative estimate of drug-likeness (QED) is 0.512. The fraction of sp³-hybridized carbons (Fsp3) is 0.125. The lowest BCUT2D eigenvalue weighted by Gasteiger charge is -1.99. The van der Waals surface area contributed by atoms with Crippen molar-refractivity contribution in [3.63, 3.8) is 0 Å². The van der Waals surface area contributed by atoms with Gasteiger partial charge in [-0.3, -0.25) is 4.79 Å². The fourth-order valence-corrected chi connectivity index (χ4v) is 1.10. The molecule has 3 heteroatoms. The Morgan fingerprint density at radius 3 is 2.64 bits per heavy atom. The number of nitrogens with two attached hydrogens (primary N) is 1. The molecule has 11 heavy (non-hydrogen) atoms. The second-order valence-corrected chi connectivity index (χ2v) is 2.63. The van der Waals surface area contributed by atoms with Gasteiger partial charge >= 0.3 is 0 Å². The topological polar surface area (TPSA) is 43.1 Å². The van der Waals surface area contributed by atoms with Gasteiger partial charge in [-0.2, -0.15) is 0 Å². The van der Waals surface area contributed by atoms with Gasteiger partial charge in [-0.05, 0) is 6.07 Å². The third-order valence-electron chi connectivity index (χ3n) is 1.39. The van der Waals surface area contributed by atoms with E-state index in [1.54, 1.807) is 18.2 Å². The molecule has 0 aromatic heterocycles. The zero-order valence-corrected chi connectivity index (χ0v) is 6.84. The average molecular weight is 167 g/mol. The van der Waals surface area contributed by atoms with Crippen molar-refractivity contribution >= 4 is 18.4 Å². The Labute approximate surface area is 70.8 Å². The summed E-state index contributed by atoms with van der Waals surface area (Å²) < 4.78 is 0. The highest BCUT2D eigenvalue weighted by Crippen LogP contribution is 2.12. The second-order valence-electron chi connectivity index (χ2n) is 2.14. The van der Waals surface area contributed by atoms with Crippen LogP contribution in [-0.2, 0) is 0 Å². The maximum absolute atomic E-state index is 11.1. The lowest BCUT2D eigenvalue weighted by atomic mass is 10.1. The molecule has 0 heterocycles. The van der Waals surface area contributed by atoms with Crippen LogP contribution in [0.3, 0.4) is 0 Å². The molecule has 0 atom stereocenters. The summed E-state index contributed by atoms with van der Waals surface area (Å²) in [7, 11) is 0. The van der Waals surface area contributed by atoms with Gasteiger partial charge < -0.3 is 5.73 Å². The maximum Gasteiger partial charge on any atom is 0.177 e. The summed E-state index contributed by atoms with van der Waals surface area (Å²) >= 11 is 4.11. The molecule has 1 aromatic carbocycles. The Hall–Kier alpha value is -0.800. The molecule has 1 rings (SSSR count). The summed E-state index contributed by atoms with van der Waals surface area (Å²) in [5.74, 6) is -0.0735. The van der Waals surface area contributed by atoms with Gasteiger partial charge in [-0.1, -0.05) is 18.2 Å². The van der Waals surface area contributed by atoms with E-state index in [2.05, 4.69) is 12.6 Å². The zero-order valence-electron chi connectivity index (χ0n) is 5.95. The predicted octanol–water partition coefficient (Wildman–Crippen LogP) is 1.12. The van der Waals surface area contributed by atoms with Crippen LogP contribution in [-0.4, -0.2) is 12.3 Å². The zero-order chi connectivity index (χ0) is 8.27. The molecular weight excluding hydrogens is 158 g/mol. The fourth-order valence-electron chi connectivity index (χ4n) is 0.819. The average Bonchev–Trinajstić information content (AvgIpc) is 2.04. The summed E-state index contributed by atoms with van der Waals surface area (Å²) in [6, 6.07) is 7.11. The number of hydrogen-bond acceptors (Lipinski definition) is 3. The SMILES string of the molecule is NCC(=O)c1ccccc1S. The molecule has 0 fully saturated rings. The van der Waals surface area contributed by atoms with Crippen molar-refractivity contribution in [2.45, 2.75) is 4.90 Å². The molecule has 0 aliphatic carbocycles. The first-order valence-electron chi connectivity index (χ1n) is 3.27. The standard InChI is InChI=1S/C8H9NOS/c9-5-7(10)6-3-1-2-4-8(6)11/h1-4,11H,5,9H2. The minimum Gasteiger partial charge on any atom is -0.324 e. The lowest BCUT2D eigenvalue weighted by Crippen LogP contribution is -2.13. The van der Waals surface area contributed by atoms with E-state index < -0.39 is 0 Å². The molecule has 0 saturated heterocycles. The number of carbonyl (C=O) groups excluding carboxylic acids is 1. The summed E-state index contributed by atoms with van der Waals surface area (Å²) in [6.45, 7) is 0.0393. The minimum absolute atomic E-state index is 0.0393. The second kappa shape index (κ2) is 3.55. The first-order chi connectivity index (χ1) is 5.25. The summed E-state index contributed by atoms with van der Waals surface area (Å²) in [4.78, 5) is 11.7. The third kappa shape index (κ3) is 1.82. The Bertz CT molecular complexity index is 273. The predicted molar refractivity (Wildman–Crippen MR) is 47.1 cm³/mol. The largest absolute Gasteiger partial charge is 0.324 e. The third-order valence-corrected chi connectivity index (χ3v) is 1.78. The highest BCUT2D eigenvalue weighted by atomic mass is 32.1. The van der Waals surface area contributed by atoms with E-state index in [0.717, 1.165) is 0 Å². The van der Waals surface area contributed by atoms with Gasteiger partial charge in [0.2, 0.25) is 0 Å². The summed E-state index contributed by atoms with van der Waals surface area (Å²) in [5.41, 5.74) is 5.79. The van der Waals surface area contributed by atoms with Crippen LogP contribution in [0.25, 0.3) is 0 Å². The van der Waals surface area contributed by atoms with Crippen LogP contribution in [0.15, 0.2) is 29.2 Å². The van der Waals surface area contributed by atoms with Crippen molar-refractivity contribution in [3.05, 3.63) is 29.8 Å². The minimum atomic E-state index is -0.0735. The van der Waals surface area contributed by atoms with E-state index in [0.29, 0.717) is 10.5 Å². The van der Waals surface area contributed by atoms with Crippen LogP contribution < -0.4 is 5.73 Å². The van der Waals surface area contributed by atoms with E-state index in [1.165, 1.54) is 0 Å². The first-order valence-corrected chi connectivity index (χ1v) is 3.71. The van der Waals surface area contributed by atoms with Gasteiger partial charge in [0, 0.05) is 10.5 Å². The highest BCUT2D eigenvalue weighted by Gasteiger charge is 2.04. The molecule has 58 valence electrons. The van der Waals surface area contributed by atoms with Crippen molar-refractivity contribution in [2.24, 2.45) is 5.73 Å². The number of rotatable bonds is 2. The molecule has 0 aliphatic rings. The Balaban J connectivity index is 3.03. The molecule has 0 saturated carbocycles. The molecule has 0 aliphatic heterocycles. The molecule has 0 unspecified atom stereocenters. The Morgan fingerprint density at radius 1 is 1.45 bits per heavy atom. The Morgan fingerprint density at radius 2 is 2.09 bits per heavy atom. The van der Waals surface area contributed by atoms with Gasteiger partial charge in [-0.25, -0.2) is 0 Å². The van der Waals surface area contributed by atoms with Gasteiger partial charge in [0.05, 0.1) is 6.54 Å². The molecule has 2 nitrogen and oxygen atoms in total. The van der Waals surface area contributed by atoms with E-state index in [9.17, 15) is 4.79 Å². The number of carbonyl (C=O) groups is 1. The van der Waals surface area contributed by atoms with Crippen molar-refractivity contribution in [2.75, 3.05) is 6.54 Å². The number of thiol groups is 1. The molecule has 0 amide bonds. The van der Waals surface area contributed by atoms with Crippen LogP contribution in [0.1, 0.15) is 10.4 Å². The first kappa shape index (κ1) is 8.30. The summed E-state index contributed by atoms with van der Waals surface area (Å²) in [5, 5.41) is 0. The van der Waals surface area contributed by atoms with Crippen molar-refractivity contribution < 1.29 is 4.79 Å². The molecule has 1 aromatic rings. The summed E-state index contributed by atoms with van der Waals surface area (Å²) in [6.07, 6.45) is 0. The molecule has 2 N–H and O–H groups in total. The van der Waals surface area contributed by atoms with E-state index in [4.69, 9.17) is 5.73 Å². The van der Waals surface area contributed by atoms with E-state index in [1.807, 2.05) is 6.07 Å². The number of ketones is 1. The van der Waals surface area contributed by atoms with Crippen molar-refractivity contribution in [1.82, 2.24) is 0 Å². The number of benzene rings is 1. The van der Waals surface area contributed by atoms with Crippen LogP contribution in [0, 0.1) is 0 Å². The van der Waals surface area contributed by atoms with Crippen molar-refractivity contribution in [1.29, 1.82) is 0 Å². The monoisotopic (exact) mass is 167 g/mol. The number of Topliss-reactive ketones (excluding diaryl/α,β-unsaturated/α-hetero) is 1. The molecule has 0 radical (unpaired) electrons. The van der Waals surface area contributed by atoms with E-state index >= 15 is 0 Å². The van der Waals surface area contributed by atoms with Crippen LogP contribution >= 0.6 is 12.6 Å². The van der Waals surface area contributed by atoms with Gasteiger partial charge in [-0.15, -0.1) is 12.6 Å². The number of hydrogen-bond donors (Lipinski definition) is 2. The van der Waals surface area contributed by atoms with Gasteiger partial charge in [0.25, 0.3) is 0 Å². The van der Waals surface area contributed by atoms with Crippen LogP contribution in [0.2, 0.25) is 0 Å². The lowest BCUT2D eigenvalue weighted by molar-refractivity contribution is 0.0998. The highest BCUT2D eigenvalue weighted by molar-refractivity contribution is 7.80. The van der Waals surface area contributed by atoms with Crippen LogP contribution in [0.5, 0.6) is 0 Å². The normalized spacial score (nSPS) is 9.64. The van der Waals surface area contributed by atoms with Crippen molar-refractivity contribution in [3.8, 4) is 0 Å². The molecule has 0 bridgehead atoms. The molecule has 0 spiro atoms. The maximum atomic E-state index is 11.1. The smallest absolute Gasteiger partial charge is 0.177 e. The molecular formula is C8H9NOS. The van der Waals surface area contributed by atoms with E-state index in [-0.39, 0.29) is 12.3 Å². The van der Waals surface area contributed by atoms with Crippen LogP contribution in [0.4, 0.5) is 0 Å². The van der Waals surface area contributed by atoms with Gasteiger partial charge in [0.15, 0.2) is 5.78 Å². The van der Waals surface area contributed by atoms with Gasteiger partial charge in [0.1, 0.15) is 0 Å².